The number of hydrogen-bond acceptors (Lipinski definition) is 6. The molecule has 1 saturated carbocycles. The summed E-state index contributed by atoms with van der Waals surface area (Å²) in [6.07, 6.45) is -3.09. The van der Waals surface area contributed by atoms with Crippen LogP contribution >= 0.6 is 0 Å². The van der Waals surface area contributed by atoms with E-state index in [2.05, 4.69) is 25.2 Å². The van der Waals surface area contributed by atoms with Gasteiger partial charge in [0.05, 0.1) is 12.6 Å². The van der Waals surface area contributed by atoms with Gasteiger partial charge in [0.25, 0.3) is 5.66 Å². The minimum Gasteiger partial charge on any atom is -0.475 e. The van der Waals surface area contributed by atoms with Crippen LogP contribution in [0.5, 0.6) is 0 Å². The van der Waals surface area contributed by atoms with Gasteiger partial charge in [-0.05, 0) is 32.2 Å². The van der Waals surface area contributed by atoms with E-state index in [0.29, 0.717) is 12.6 Å². The molecule has 1 aromatic rings. The Morgan fingerprint density at radius 2 is 1.77 bits per heavy atom. The lowest BCUT2D eigenvalue weighted by Crippen LogP contribution is -2.45. The Labute approximate surface area is 167 Å². The molecule has 0 aromatic carbocycles. The topological polar surface area (TPSA) is 96.0 Å². The zero-order valence-corrected chi connectivity index (χ0v) is 15.7. The van der Waals surface area contributed by atoms with Gasteiger partial charge < -0.3 is 5.11 Å². The van der Waals surface area contributed by atoms with Crippen LogP contribution in [0.2, 0.25) is 0 Å². The molecule has 168 valence electrons. The molecule has 0 bridgehead atoms. The third-order valence-electron chi connectivity index (χ3n) is 5.19. The lowest BCUT2D eigenvalue weighted by Gasteiger charge is -2.36. The second-order valence-corrected chi connectivity index (χ2v) is 7.49. The van der Waals surface area contributed by atoms with Gasteiger partial charge in [-0.1, -0.05) is 6.42 Å². The molecule has 4 rings (SSSR count). The molecule has 0 radical (unpaired) electrons. The number of nitrogens with zero attached hydrogens (tertiary/aromatic N) is 6. The van der Waals surface area contributed by atoms with Gasteiger partial charge in [-0.2, -0.15) is 31.4 Å². The van der Waals surface area contributed by atoms with E-state index in [1.165, 1.54) is 6.33 Å². The standard InChI is InChI=1S/C14H19F3N6.C2HF3O2/c15-14(16,17)13(20-21-13)7-11-3-1-2-6-22(11)8-12-18-9-19-23(12)10-4-5-10;3-2(4,5)1(6)7/h9-11H,1-8H2;(H,6,7). The maximum Gasteiger partial charge on any atom is 0.490 e. The number of likely N-dealkylation sites (tertiary alicyclic amines) is 1. The summed E-state index contributed by atoms with van der Waals surface area (Å²) in [6, 6.07) is 0.260. The number of halogens is 6. The summed E-state index contributed by atoms with van der Waals surface area (Å²) < 4.78 is 73.0. The van der Waals surface area contributed by atoms with Crippen LogP contribution in [0.3, 0.4) is 0 Å². The highest BCUT2D eigenvalue weighted by atomic mass is 19.4. The monoisotopic (exact) mass is 442 g/mol. The van der Waals surface area contributed by atoms with Crippen LogP contribution in [-0.2, 0) is 11.3 Å². The summed E-state index contributed by atoms with van der Waals surface area (Å²) in [7, 11) is 0. The minimum atomic E-state index is -5.08. The van der Waals surface area contributed by atoms with Gasteiger partial charge in [0, 0.05) is 12.5 Å². The molecule has 1 unspecified atom stereocenters. The number of carboxylic acids is 1. The Balaban J connectivity index is 0.000000318. The third-order valence-corrected chi connectivity index (χ3v) is 5.19. The molecule has 30 heavy (non-hydrogen) atoms. The van der Waals surface area contributed by atoms with E-state index >= 15 is 0 Å². The second kappa shape index (κ2) is 8.12. The molecule has 14 heteroatoms. The fraction of sp³-hybridized carbons (Fsp3) is 0.812. The molecule has 8 nitrogen and oxygen atoms in total. The van der Waals surface area contributed by atoms with E-state index in [9.17, 15) is 26.3 Å². The predicted octanol–water partition coefficient (Wildman–Crippen LogP) is 3.72. The van der Waals surface area contributed by atoms with Gasteiger partial charge in [-0.25, -0.2) is 14.5 Å². The van der Waals surface area contributed by atoms with Crippen molar-refractivity contribution in [3.05, 3.63) is 12.2 Å². The van der Waals surface area contributed by atoms with Crippen LogP contribution in [0.4, 0.5) is 26.3 Å². The highest BCUT2D eigenvalue weighted by Gasteiger charge is 2.64. The maximum absolute atomic E-state index is 13.1. The molecule has 1 atom stereocenters. The summed E-state index contributed by atoms with van der Waals surface area (Å²) >= 11 is 0. The minimum absolute atomic E-state index is 0.0753. The molecule has 1 N–H and O–H groups in total. The van der Waals surface area contributed by atoms with E-state index in [1.807, 2.05) is 4.68 Å². The van der Waals surface area contributed by atoms with Crippen molar-refractivity contribution in [2.24, 2.45) is 10.2 Å². The number of hydrogen-bond donors (Lipinski definition) is 1. The number of piperidine rings is 1. The molecule has 3 heterocycles. The average molecular weight is 442 g/mol. The number of carbonyl (C=O) groups is 1. The lowest BCUT2D eigenvalue weighted by molar-refractivity contribution is -0.192. The summed E-state index contributed by atoms with van der Waals surface area (Å²) in [5, 5.41) is 18.0. The van der Waals surface area contributed by atoms with E-state index < -0.39 is 24.0 Å². The first-order valence-corrected chi connectivity index (χ1v) is 9.36. The first-order chi connectivity index (χ1) is 13.9. The zero-order chi connectivity index (χ0) is 22.2. The summed E-state index contributed by atoms with van der Waals surface area (Å²) in [5.74, 6) is -1.90. The quantitative estimate of drug-likeness (QED) is 0.702. The first kappa shape index (κ1) is 22.4. The van der Waals surface area contributed by atoms with Crippen molar-refractivity contribution in [3.8, 4) is 0 Å². The smallest absolute Gasteiger partial charge is 0.475 e. The number of carboxylic acid groups (broad SMARTS) is 1. The molecule has 0 amide bonds. The summed E-state index contributed by atoms with van der Waals surface area (Å²) in [6.45, 7) is 1.34. The molecule has 2 aliphatic heterocycles. The number of alkyl halides is 6. The Morgan fingerprint density at radius 1 is 1.13 bits per heavy atom. The molecular formula is C16H20F6N6O2. The van der Waals surface area contributed by atoms with Crippen molar-refractivity contribution in [2.75, 3.05) is 6.54 Å². The van der Waals surface area contributed by atoms with Crippen LogP contribution in [-0.4, -0.2) is 61.3 Å². The fourth-order valence-corrected chi connectivity index (χ4v) is 3.39. The average Bonchev–Trinajstić information content (AvgIpc) is 3.56. The van der Waals surface area contributed by atoms with Gasteiger partial charge in [0.15, 0.2) is 0 Å². The van der Waals surface area contributed by atoms with E-state index in [0.717, 1.165) is 44.5 Å². The molecule has 0 spiro atoms. The van der Waals surface area contributed by atoms with Gasteiger partial charge >= 0.3 is 18.3 Å². The SMILES string of the molecule is FC(F)(F)C1(CC2CCCCN2Cc2ncnn2C2CC2)N=N1.O=C(O)C(F)(F)F. The molecular weight excluding hydrogens is 422 g/mol. The Morgan fingerprint density at radius 3 is 2.27 bits per heavy atom. The number of aromatic nitrogens is 3. The van der Waals surface area contributed by atoms with Gasteiger partial charge in [-0.15, -0.1) is 10.2 Å². The van der Waals surface area contributed by atoms with Gasteiger partial charge in [-0.3, -0.25) is 4.90 Å². The Hall–Kier alpha value is -2.25. The highest BCUT2D eigenvalue weighted by molar-refractivity contribution is 5.73. The van der Waals surface area contributed by atoms with Crippen molar-refractivity contribution in [3.63, 3.8) is 0 Å². The molecule has 2 fully saturated rings. The van der Waals surface area contributed by atoms with E-state index in [-0.39, 0.29) is 12.5 Å². The molecule has 1 aliphatic carbocycles. The predicted molar refractivity (Wildman–Crippen MR) is 88.3 cm³/mol. The van der Waals surface area contributed by atoms with Crippen LogP contribution in [0.25, 0.3) is 0 Å². The first-order valence-electron chi connectivity index (χ1n) is 9.36. The van der Waals surface area contributed by atoms with Crippen LogP contribution in [0.1, 0.15) is 50.4 Å². The largest absolute Gasteiger partial charge is 0.490 e. The van der Waals surface area contributed by atoms with Crippen molar-refractivity contribution in [1.29, 1.82) is 0 Å². The number of rotatable bonds is 5. The summed E-state index contributed by atoms with van der Waals surface area (Å²) in [4.78, 5) is 15.3. The lowest BCUT2D eigenvalue weighted by atomic mass is 9.93. The van der Waals surface area contributed by atoms with Crippen molar-refractivity contribution >= 4 is 5.97 Å². The van der Waals surface area contributed by atoms with E-state index in [1.54, 1.807) is 0 Å². The van der Waals surface area contributed by atoms with Gasteiger partial charge in [0.1, 0.15) is 12.2 Å². The van der Waals surface area contributed by atoms with E-state index in [4.69, 9.17) is 9.90 Å². The van der Waals surface area contributed by atoms with Crippen LogP contribution < -0.4 is 0 Å². The van der Waals surface area contributed by atoms with Crippen LogP contribution in [0.15, 0.2) is 16.6 Å². The highest BCUT2D eigenvalue weighted by Crippen LogP contribution is 2.49. The normalized spacial score (nSPS) is 23.6. The van der Waals surface area contributed by atoms with Crippen LogP contribution in [0, 0.1) is 0 Å². The summed E-state index contributed by atoms with van der Waals surface area (Å²) in [5.41, 5.74) is -2.16. The molecule has 3 aliphatic rings. The molecule has 1 saturated heterocycles. The second-order valence-electron chi connectivity index (χ2n) is 7.49. The maximum atomic E-state index is 13.1. The van der Waals surface area contributed by atoms with Crippen molar-refractivity contribution in [2.45, 2.75) is 75.2 Å². The Bertz CT molecular complexity index is 782. The fourth-order valence-electron chi connectivity index (χ4n) is 3.39. The van der Waals surface area contributed by atoms with Crippen molar-refractivity contribution in [1.82, 2.24) is 19.7 Å². The zero-order valence-electron chi connectivity index (χ0n) is 15.7. The van der Waals surface area contributed by atoms with Gasteiger partial charge in [0.2, 0.25) is 0 Å². The molecule has 1 aromatic heterocycles. The third kappa shape index (κ3) is 5.26. The Kier molecular flexibility index (Phi) is 6.07. The van der Waals surface area contributed by atoms with Crippen molar-refractivity contribution < 1.29 is 36.2 Å². The number of aliphatic carboxylic acids is 1.